The molecular weight excluding hydrogens is 488 g/mol. The Labute approximate surface area is 236 Å². The molecule has 1 N–H and O–H groups in total. The molecule has 1 aromatic heterocycles. The van der Waals surface area contributed by atoms with Crippen molar-refractivity contribution in [1.29, 1.82) is 0 Å². The lowest BCUT2D eigenvalue weighted by Crippen LogP contribution is -2.55. The minimum absolute atomic E-state index is 0.208. The normalized spacial score (nSPS) is 19.1. The summed E-state index contributed by atoms with van der Waals surface area (Å²) in [5, 5.41) is 9.32. The van der Waals surface area contributed by atoms with Crippen molar-refractivity contribution in [2.24, 2.45) is 0 Å². The zero-order valence-electron chi connectivity index (χ0n) is 25.0. The summed E-state index contributed by atoms with van der Waals surface area (Å²) >= 11 is 0. The molecule has 2 aliphatic rings. The number of aryl methyl sites for hydroxylation is 1. The Morgan fingerprint density at radius 3 is 2.51 bits per heavy atom. The fourth-order valence-electron chi connectivity index (χ4n) is 6.31. The Hall–Kier alpha value is -2.00. The molecule has 8 nitrogen and oxygen atoms in total. The van der Waals surface area contributed by atoms with Crippen LogP contribution in [0, 0.1) is 6.92 Å². The molecule has 8 heteroatoms. The fraction of sp³-hybridized carbons (Fsp3) is 0.742. The average molecular weight is 541 g/mol. The molecule has 0 saturated carbocycles. The highest BCUT2D eigenvalue weighted by atomic mass is 16.7. The van der Waals surface area contributed by atoms with Crippen LogP contribution in [0.1, 0.15) is 76.3 Å². The van der Waals surface area contributed by atoms with Crippen molar-refractivity contribution in [2.75, 3.05) is 59.4 Å². The zero-order valence-corrected chi connectivity index (χ0v) is 25.0. The van der Waals surface area contributed by atoms with E-state index in [0.717, 1.165) is 67.9 Å². The number of aromatic nitrogens is 2. The number of piperidine rings is 1. The minimum atomic E-state index is -0.208. The number of likely N-dealkylation sites (tertiary alicyclic amines) is 1. The Bertz CT molecular complexity index is 1020. The Morgan fingerprint density at radius 2 is 1.79 bits per heavy atom. The number of piperazine rings is 1. The molecule has 3 heterocycles. The van der Waals surface area contributed by atoms with E-state index < -0.39 is 0 Å². The number of likely N-dealkylation sites (N-methyl/N-ethyl adjacent to an activating group) is 1. The topological polar surface area (TPSA) is 65.9 Å². The standard InChI is InChI=1S/C31H52N6O2/c1-5-7-8-9-10-11-30(38)39-37-23-27-21-26(20-25(3)31(27)33-37)22-28(32-6-2)24-35-16-18-36(19-17-35)29-12-14-34(4)15-13-29/h20-21,23,28-29,32H,5-19,22,24H2,1-4H3/t28-/m1/s1. The van der Waals surface area contributed by atoms with E-state index in [0.29, 0.717) is 12.5 Å². The van der Waals surface area contributed by atoms with Gasteiger partial charge >= 0.3 is 5.97 Å². The number of nitrogens with one attached hydrogen (secondary N) is 1. The number of benzene rings is 1. The van der Waals surface area contributed by atoms with Gasteiger partial charge in [0.2, 0.25) is 0 Å². The van der Waals surface area contributed by atoms with E-state index in [4.69, 9.17) is 4.84 Å². The maximum atomic E-state index is 12.3. The van der Waals surface area contributed by atoms with Crippen LogP contribution in [0.15, 0.2) is 18.3 Å². The molecule has 2 aromatic rings. The number of carbonyl (C=O) groups excluding carboxylic acids is 1. The quantitative estimate of drug-likeness (QED) is 0.365. The monoisotopic (exact) mass is 540 g/mol. The SMILES string of the molecule is CCCCCCCC(=O)On1cc2cc(C[C@H](CN3CCN(C4CCN(C)CC4)CC3)NCC)cc(C)c2n1. The third kappa shape index (κ3) is 9.00. The third-order valence-electron chi connectivity index (χ3n) is 8.58. The van der Waals surface area contributed by atoms with Gasteiger partial charge in [0.1, 0.15) is 0 Å². The predicted molar refractivity (Wildman–Crippen MR) is 159 cm³/mol. The highest BCUT2D eigenvalue weighted by molar-refractivity contribution is 5.82. The largest absolute Gasteiger partial charge is 0.334 e. The van der Waals surface area contributed by atoms with Gasteiger partial charge in [-0.2, -0.15) is 0 Å². The molecule has 4 rings (SSSR count). The van der Waals surface area contributed by atoms with Crippen molar-refractivity contribution >= 4 is 16.9 Å². The second-order valence-electron chi connectivity index (χ2n) is 11.8. The highest BCUT2D eigenvalue weighted by Crippen LogP contribution is 2.21. The number of nitrogens with zero attached hydrogens (tertiary/aromatic N) is 5. The molecule has 0 unspecified atom stereocenters. The molecule has 0 bridgehead atoms. The van der Waals surface area contributed by atoms with Crippen LogP contribution in [-0.4, -0.2) is 102 Å². The molecule has 0 amide bonds. The molecule has 1 atom stereocenters. The molecule has 1 aromatic carbocycles. The van der Waals surface area contributed by atoms with Gasteiger partial charge in [-0.25, -0.2) is 4.79 Å². The van der Waals surface area contributed by atoms with E-state index in [1.165, 1.54) is 68.7 Å². The fourth-order valence-corrected chi connectivity index (χ4v) is 6.31. The second kappa shape index (κ2) is 15.1. The van der Waals surface area contributed by atoms with E-state index in [-0.39, 0.29) is 5.97 Å². The molecule has 39 heavy (non-hydrogen) atoms. The van der Waals surface area contributed by atoms with Gasteiger partial charge in [0.25, 0.3) is 0 Å². The summed E-state index contributed by atoms with van der Waals surface area (Å²) in [6.45, 7) is 15.7. The van der Waals surface area contributed by atoms with Gasteiger partial charge in [-0.15, -0.1) is 5.10 Å². The molecular formula is C31H52N6O2. The summed E-state index contributed by atoms with van der Waals surface area (Å²) in [4.78, 5) is 27.0. The minimum Gasteiger partial charge on any atom is -0.319 e. The van der Waals surface area contributed by atoms with Gasteiger partial charge in [0.15, 0.2) is 0 Å². The first-order chi connectivity index (χ1) is 18.9. The third-order valence-corrected chi connectivity index (χ3v) is 8.58. The van der Waals surface area contributed by atoms with Crippen LogP contribution >= 0.6 is 0 Å². The molecule has 2 saturated heterocycles. The van der Waals surface area contributed by atoms with E-state index in [1.807, 2.05) is 6.20 Å². The van der Waals surface area contributed by atoms with Crippen molar-refractivity contribution in [1.82, 2.24) is 30.0 Å². The van der Waals surface area contributed by atoms with Gasteiger partial charge in [0.05, 0.1) is 11.7 Å². The average Bonchev–Trinajstić information content (AvgIpc) is 3.32. The predicted octanol–water partition coefficient (Wildman–Crippen LogP) is 3.89. The van der Waals surface area contributed by atoms with Crippen LogP contribution in [0.3, 0.4) is 0 Å². The van der Waals surface area contributed by atoms with Crippen LogP contribution in [0.2, 0.25) is 0 Å². The summed E-state index contributed by atoms with van der Waals surface area (Å²) in [7, 11) is 2.24. The number of fused-ring (bicyclic) bond motifs is 1. The maximum absolute atomic E-state index is 12.3. The summed E-state index contributed by atoms with van der Waals surface area (Å²) in [5.74, 6) is -0.208. The Kier molecular flexibility index (Phi) is 11.6. The molecule has 218 valence electrons. The van der Waals surface area contributed by atoms with Gasteiger partial charge < -0.3 is 15.1 Å². The van der Waals surface area contributed by atoms with Crippen LogP contribution < -0.4 is 10.2 Å². The van der Waals surface area contributed by atoms with Gasteiger partial charge in [-0.3, -0.25) is 9.80 Å². The molecule has 0 spiro atoms. The molecule has 2 aliphatic heterocycles. The van der Waals surface area contributed by atoms with Crippen molar-refractivity contribution in [3.63, 3.8) is 0 Å². The number of hydrogen-bond donors (Lipinski definition) is 1. The Balaban J connectivity index is 1.29. The van der Waals surface area contributed by atoms with Crippen molar-refractivity contribution in [3.05, 3.63) is 29.5 Å². The lowest BCUT2D eigenvalue weighted by molar-refractivity contribution is -0.145. The summed E-state index contributed by atoms with van der Waals surface area (Å²) in [6, 6.07) is 5.64. The van der Waals surface area contributed by atoms with E-state index >= 15 is 0 Å². The molecule has 2 fully saturated rings. The molecule has 0 radical (unpaired) electrons. The van der Waals surface area contributed by atoms with E-state index in [1.54, 1.807) is 0 Å². The van der Waals surface area contributed by atoms with Gasteiger partial charge in [-0.05, 0) is 76.5 Å². The van der Waals surface area contributed by atoms with Crippen LogP contribution in [0.25, 0.3) is 10.9 Å². The second-order valence-corrected chi connectivity index (χ2v) is 11.8. The highest BCUT2D eigenvalue weighted by Gasteiger charge is 2.27. The van der Waals surface area contributed by atoms with Crippen molar-refractivity contribution in [3.8, 4) is 0 Å². The van der Waals surface area contributed by atoms with E-state index in [9.17, 15) is 4.79 Å². The van der Waals surface area contributed by atoms with Crippen molar-refractivity contribution in [2.45, 2.75) is 90.6 Å². The zero-order chi connectivity index (χ0) is 27.6. The summed E-state index contributed by atoms with van der Waals surface area (Å²) in [5.41, 5.74) is 3.33. The number of carbonyl (C=O) groups is 1. The number of hydrogen-bond acceptors (Lipinski definition) is 7. The van der Waals surface area contributed by atoms with Crippen LogP contribution in [0.4, 0.5) is 0 Å². The van der Waals surface area contributed by atoms with Gasteiger partial charge in [-0.1, -0.05) is 50.4 Å². The molecule has 0 aliphatic carbocycles. The lowest BCUT2D eigenvalue weighted by atomic mass is 10.0. The van der Waals surface area contributed by atoms with Crippen LogP contribution in [0.5, 0.6) is 0 Å². The Morgan fingerprint density at radius 1 is 1.05 bits per heavy atom. The van der Waals surface area contributed by atoms with E-state index in [2.05, 4.69) is 65.1 Å². The van der Waals surface area contributed by atoms with Crippen LogP contribution in [-0.2, 0) is 11.2 Å². The van der Waals surface area contributed by atoms with Crippen molar-refractivity contribution < 1.29 is 9.63 Å². The lowest BCUT2D eigenvalue weighted by Gasteiger charge is -2.43. The summed E-state index contributed by atoms with van der Waals surface area (Å²) < 4.78 is 0. The first-order valence-electron chi connectivity index (χ1n) is 15.5. The number of rotatable bonds is 14. The van der Waals surface area contributed by atoms with Gasteiger partial charge in [0, 0.05) is 56.6 Å². The number of unbranched alkanes of at least 4 members (excludes halogenated alkanes) is 4. The first kappa shape index (κ1) is 30.0. The summed E-state index contributed by atoms with van der Waals surface area (Å²) in [6.07, 6.45) is 11.5. The first-order valence-corrected chi connectivity index (χ1v) is 15.5. The maximum Gasteiger partial charge on any atom is 0.334 e. The smallest absolute Gasteiger partial charge is 0.319 e.